The highest BCUT2D eigenvalue weighted by molar-refractivity contribution is 7.14. The second-order valence-corrected chi connectivity index (χ2v) is 7.22. The van der Waals surface area contributed by atoms with Gasteiger partial charge in [-0.15, -0.1) is 11.3 Å². The summed E-state index contributed by atoms with van der Waals surface area (Å²) >= 11 is 6.74. The molecule has 0 bridgehead atoms. The van der Waals surface area contributed by atoms with E-state index < -0.39 is 34.8 Å². The van der Waals surface area contributed by atoms with Crippen molar-refractivity contribution in [1.29, 1.82) is 0 Å². The minimum Gasteiger partial charge on any atom is -0.304 e. The average molecular weight is 428 g/mol. The minimum atomic E-state index is -4.69. The summed E-state index contributed by atoms with van der Waals surface area (Å²) in [5, 5.41) is 3.88. The molecule has 1 N–H and O–H groups in total. The van der Waals surface area contributed by atoms with E-state index in [1.54, 1.807) is 5.38 Å². The summed E-state index contributed by atoms with van der Waals surface area (Å²) < 4.78 is 39.2. The van der Waals surface area contributed by atoms with Crippen molar-refractivity contribution >= 4 is 34.0 Å². The first-order valence-corrected chi connectivity index (χ1v) is 9.19. The van der Waals surface area contributed by atoms with Crippen LogP contribution in [0.2, 0.25) is 5.02 Å². The van der Waals surface area contributed by atoms with Crippen molar-refractivity contribution in [2.45, 2.75) is 19.6 Å². The number of carbonyl (C=O) groups excluding carboxylic acids is 1. The van der Waals surface area contributed by atoms with E-state index in [0.717, 1.165) is 11.1 Å². The summed E-state index contributed by atoms with van der Waals surface area (Å²) in [6.45, 7) is 1.33. The molecule has 0 saturated carbocycles. The zero-order valence-corrected chi connectivity index (χ0v) is 16.0. The molecule has 0 radical (unpaired) electrons. The Balaban J connectivity index is 1.75. The van der Waals surface area contributed by atoms with Gasteiger partial charge in [0.25, 0.3) is 5.56 Å². The molecule has 0 unspecified atom stereocenters. The van der Waals surface area contributed by atoms with E-state index in [4.69, 9.17) is 11.6 Å². The fourth-order valence-corrected chi connectivity index (χ4v) is 3.34. The molecule has 2 aromatic heterocycles. The second-order valence-electron chi connectivity index (χ2n) is 5.96. The van der Waals surface area contributed by atoms with Crippen molar-refractivity contribution in [3.63, 3.8) is 0 Å². The number of hydrogen-bond donors (Lipinski definition) is 1. The van der Waals surface area contributed by atoms with Gasteiger partial charge in [-0.1, -0.05) is 41.4 Å². The van der Waals surface area contributed by atoms with Crippen LogP contribution in [0.1, 0.15) is 11.1 Å². The van der Waals surface area contributed by atoms with Crippen LogP contribution in [-0.4, -0.2) is 15.5 Å². The van der Waals surface area contributed by atoms with Crippen molar-refractivity contribution in [2.75, 3.05) is 5.32 Å². The normalized spacial score (nSPS) is 11.5. The number of nitrogens with one attached hydrogen (secondary N) is 1. The molecule has 1 aromatic carbocycles. The van der Waals surface area contributed by atoms with Gasteiger partial charge in [-0.25, -0.2) is 4.98 Å². The third kappa shape index (κ3) is 4.60. The largest absolute Gasteiger partial charge is 0.417 e. The lowest BCUT2D eigenvalue weighted by atomic mass is 10.1. The molecule has 3 aromatic rings. The van der Waals surface area contributed by atoms with Crippen LogP contribution >= 0.6 is 22.9 Å². The lowest BCUT2D eigenvalue weighted by molar-refractivity contribution is -0.138. The van der Waals surface area contributed by atoms with Gasteiger partial charge < -0.3 is 9.88 Å². The SMILES string of the molecule is Cc1ccc(-c2csc(NC(=O)Cn3cc(C(F)(F)F)cc(Cl)c3=O)n2)cc1. The third-order valence-corrected chi connectivity index (χ3v) is 4.81. The Kier molecular flexibility index (Phi) is 5.57. The maximum Gasteiger partial charge on any atom is 0.417 e. The molecule has 0 fully saturated rings. The average Bonchev–Trinajstić information content (AvgIpc) is 3.06. The van der Waals surface area contributed by atoms with E-state index in [-0.39, 0.29) is 5.13 Å². The van der Waals surface area contributed by atoms with E-state index in [9.17, 15) is 22.8 Å². The van der Waals surface area contributed by atoms with E-state index >= 15 is 0 Å². The monoisotopic (exact) mass is 427 g/mol. The van der Waals surface area contributed by atoms with E-state index in [1.807, 2.05) is 31.2 Å². The fourth-order valence-electron chi connectivity index (χ4n) is 2.37. The van der Waals surface area contributed by atoms with Gasteiger partial charge in [-0.05, 0) is 13.0 Å². The number of aromatic nitrogens is 2. The summed E-state index contributed by atoms with van der Waals surface area (Å²) in [5.41, 5.74) is 0.616. The zero-order valence-electron chi connectivity index (χ0n) is 14.4. The van der Waals surface area contributed by atoms with E-state index in [2.05, 4.69) is 10.3 Å². The van der Waals surface area contributed by atoms with Crippen LogP contribution in [0.4, 0.5) is 18.3 Å². The first kappa shape index (κ1) is 20.1. The van der Waals surface area contributed by atoms with Crippen molar-refractivity contribution in [3.8, 4) is 11.3 Å². The van der Waals surface area contributed by atoms with Gasteiger partial charge in [0.05, 0.1) is 11.3 Å². The highest BCUT2D eigenvalue weighted by Crippen LogP contribution is 2.29. The number of benzene rings is 1. The summed E-state index contributed by atoms with van der Waals surface area (Å²) in [4.78, 5) is 28.4. The molecule has 28 heavy (non-hydrogen) atoms. The van der Waals surface area contributed by atoms with Crippen LogP contribution < -0.4 is 10.9 Å². The van der Waals surface area contributed by atoms with Crippen LogP contribution in [0, 0.1) is 6.92 Å². The lowest BCUT2D eigenvalue weighted by Crippen LogP contribution is -2.29. The van der Waals surface area contributed by atoms with Gasteiger partial charge in [-0.3, -0.25) is 9.59 Å². The highest BCUT2D eigenvalue weighted by atomic mass is 35.5. The number of alkyl halides is 3. The topological polar surface area (TPSA) is 64.0 Å². The summed E-state index contributed by atoms with van der Waals surface area (Å²) in [6, 6.07) is 8.17. The maximum atomic E-state index is 12.9. The number of nitrogens with zero attached hydrogens (tertiary/aromatic N) is 2. The van der Waals surface area contributed by atoms with Crippen LogP contribution in [0.15, 0.2) is 46.7 Å². The molecule has 1 amide bonds. The molecule has 0 aliphatic heterocycles. The quantitative estimate of drug-likeness (QED) is 0.662. The molecule has 0 saturated heterocycles. The molecule has 0 spiro atoms. The van der Waals surface area contributed by atoms with Crippen molar-refractivity contribution in [1.82, 2.24) is 9.55 Å². The minimum absolute atomic E-state index is 0.270. The molecular weight excluding hydrogens is 415 g/mol. The van der Waals surface area contributed by atoms with Gasteiger partial charge in [-0.2, -0.15) is 13.2 Å². The molecular formula is C18H13ClF3N3O2S. The maximum absolute atomic E-state index is 12.9. The van der Waals surface area contributed by atoms with Crippen molar-refractivity contribution in [2.24, 2.45) is 0 Å². The van der Waals surface area contributed by atoms with Gasteiger partial charge in [0.1, 0.15) is 11.6 Å². The number of thiazole rings is 1. The Morgan fingerprint density at radius 1 is 1.29 bits per heavy atom. The molecule has 2 heterocycles. The summed E-state index contributed by atoms with van der Waals surface area (Å²) in [7, 11) is 0. The number of rotatable bonds is 4. The van der Waals surface area contributed by atoms with Crippen LogP contribution in [0.5, 0.6) is 0 Å². The number of anilines is 1. The zero-order chi connectivity index (χ0) is 20.5. The summed E-state index contributed by atoms with van der Waals surface area (Å²) in [6.07, 6.45) is -4.12. The van der Waals surface area contributed by atoms with Crippen LogP contribution in [0.3, 0.4) is 0 Å². The first-order chi connectivity index (χ1) is 13.1. The van der Waals surface area contributed by atoms with Crippen molar-refractivity contribution < 1.29 is 18.0 Å². The number of hydrogen-bond acceptors (Lipinski definition) is 4. The Hall–Kier alpha value is -2.65. The summed E-state index contributed by atoms with van der Waals surface area (Å²) in [5.74, 6) is -0.692. The number of aryl methyl sites for hydroxylation is 1. The Bertz CT molecular complexity index is 1070. The van der Waals surface area contributed by atoms with Gasteiger partial charge in [0.15, 0.2) is 5.13 Å². The molecule has 10 heteroatoms. The Morgan fingerprint density at radius 3 is 2.61 bits per heavy atom. The molecule has 3 rings (SSSR count). The molecule has 0 aliphatic carbocycles. The number of carbonyl (C=O) groups is 1. The Labute approximate surface area is 166 Å². The van der Waals surface area contributed by atoms with Crippen LogP contribution in [0.25, 0.3) is 11.3 Å². The highest BCUT2D eigenvalue weighted by Gasteiger charge is 2.32. The van der Waals surface area contributed by atoms with E-state index in [0.29, 0.717) is 22.5 Å². The molecule has 0 aliphatic rings. The third-order valence-electron chi connectivity index (χ3n) is 3.78. The first-order valence-electron chi connectivity index (χ1n) is 7.93. The van der Waals surface area contributed by atoms with E-state index in [1.165, 1.54) is 11.3 Å². The molecule has 146 valence electrons. The van der Waals surface area contributed by atoms with Gasteiger partial charge in [0.2, 0.25) is 5.91 Å². The smallest absolute Gasteiger partial charge is 0.304 e. The van der Waals surface area contributed by atoms with Gasteiger partial charge >= 0.3 is 6.18 Å². The predicted octanol–water partition coefficient (Wildman–Crippen LogP) is 4.59. The molecule has 0 atom stereocenters. The number of halogens is 4. The van der Waals surface area contributed by atoms with Crippen molar-refractivity contribution in [3.05, 3.63) is 68.4 Å². The molecule has 5 nitrogen and oxygen atoms in total. The number of pyridine rings is 1. The second kappa shape index (κ2) is 7.76. The lowest BCUT2D eigenvalue weighted by Gasteiger charge is -2.11. The van der Waals surface area contributed by atoms with Gasteiger partial charge in [0, 0.05) is 17.1 Å². The number of amides is 1. The fraction of sp³-hybridized carbons (Fsp3) is 0.167. The Morgan fingerprint density at radius 2 is 1.96 bits per heavy atom. The predicted molar refractivity (Wildman–Crippen MR) is 102 cm³/mol. The van der Waals surface area contributed by atoms with Crippen LogP contribution in [-0.2, 0) is 17.5 Å². The standard InChI is InChI=1S/C18H13ClF3N3O2S/c1-10-2-4-11(5-3-10)14-9-28-17(23-14)24-15(26)8-25-7-12(18(20,21)22)6-13(19)16(25)27/h2-7,9H,8H2,1H3,(H,23,24,26).